The highest BCUT2D eigenvalue weighted by molar-refractivity contribution is 14.0. The predicted octanol–water partition coefficient (Wildman–Crippen LogP) is 3.01. The number of alkyl halides is 3. The SMILES string of the molecule is CCNC(=NCC(C)(O)c1cccs1)NCCCN(C)CC(F)(F)F.I. The molecule has 0 saturated heterocycles. The molecule has 152 valence electrons. The van der Waals surface area contributed by atoms with Gasteiger partial charge in [0.05, 0.1) is 13.1 Å². The number of hydrogen-bond donors (Lipinski definition) is 3. The number of halogens is 4. The zero-order valence-electron chi connectivity index (χ0n) is 15.3. The molecule has 0 fully saturated rings. The van der Waals surface area contributed by atoms with Crippen molar-refractivity contribution in [3.05, 3.63) is 22.4 Å². The number of nitrogens with zero attached hydrogens (tertiary/aromatic N) is 2. The highest BCUT2D eigenvalue weighted by atomic mass is 127. The Balaban J connectivity index is 0.00000625. The van der Waals surface area contributed by atoms with E-state index in [0.29, 0.717) is 32.0 Å². The third-order valence-corrected chi connectivity index (χ3v) is 4.52. The summed E-state index contributed by atoms with van der Waals surface area (Å²) < 4.78 is 36.8. The van der Waals surface area contributed by atoms with Crippen LogP contribution in [0.15, 0.2) is 22.5 Å². The quantitative estimate of drug-likeness (QED) is 0.208. The lowest BCUT2D eigenvalue weighted by molar-refractivity contribution is -0.143. The lowest BCUT2D eigenvalue weighted by Crippen LogP contribution is -2.40. The Morgan fingerprint density at radius 2 is 2.04 bits per heavy atom. The standard InChI is InChI=1S/C16H27F3N4OS.HI/c1-4-20-14(21-8-6-9-23(3)12-16(17,18)19)22-11-15(2,24)13-7-5-10-25-13;/h5,7,10,24H,4,6,8-9,11-12H2,1-3H3,(H2,20,21,22);1H. The molecule has 0 spiro atoms. The molecule has 1 aromatic heterocycles. The zero-order chi connectivity index (χ0) is 18.9. The van der Waals surface area contributed by atoms with Crippen LogP contribution in [-0.4, -0.2) is 61.9 Å². The van der Waals surface area contributed by atoms with Crippen molar-refractivity contribution in [2.24, 2.45) is 4.99 Å². The molecule has 0 amide bonds. The second kappa shape index (κ2) is 12.0. The molecule has 0 aliphatic carbocycles. The molecular formula is C16H28F3IN4OS. The van der Waals surface area contributed by atoms with Gasteiger partial charge in [-0.2, -0.15) is 13.2 Å². The summed E-state index contributed by atoms with van der Waals surface area (Å²) in [5, 5.41) is 18.5. The van der Waals surface area contributed by atoms with Gasteiger partial charge >= 0.3 is 6.18 Å². The van der Waals surface area contributed by atoms with Gasteiger partial charge in [0.25, 0.3) is 0 Å². The van der Waals surface area contributed by atoms with Gasteiger partial charge in [-0.05, 0) is 45.3 Å². The van der Waals surface area contributed by atoms with Crippen LogP contribution >= 0.6 is 35.3 Å². The fourth-order valence-electron chi connectivity index (χ4n) is 2.18. The van der Waals surface area contributed by atoms with Gasteiger partial charge in [0.15, 0.2) is 5.96 Å². The van der Waals surface area contributed by atoms with Crippen LogP contribution in [0.1, 0.15) is 25.1 Å². The van der Waals surface area contributed by atoms with Gasteiger partial charge in [0.1, 0.15) is 5.60 Å². The van der Waals surface area contributed by atoms with E-state index in [1.165, 1.54) is 23.3 Å². The maximum absolute atomic E-state index is 12.3. The highest BCUT2D eigenvalue weighted by Crippen LogP contribution is 2.25. The van der Waals surface area contributed by atoms with Gasteiger partial charge < -0.3 is 15.7 Å². The van der Waals surface area contributed by atoms with Gasteiger partial charge in [-0.3, -0.25) is 4.90 Å². The number of rotatable bonds is 9. The highest BCUT2D eigenvalue weighted by Gasteiger charge is 2.28. The van der Waals surface area contributed by atoms with Gasteiger partial charge in [0, 0.05) is 18.0 Å². The molecule has 1 atom stereocenters. The first-order valence-electron chi connectivity index (χ1n) is 8.18. The molecule has 0 aromatic carbocycles. The van der Waals surface area contributed by atoms with E-state index in [1.54, 1.807) is 6.92 Å². The molecule has 10 heteroatoms. The van der Waals surface area contributed by atoms with Crippen molar-refractivity contribution in [2.75, 3.05) is 39.8 Å². The number of hydrogen-bond acceptors (Lipinski definition) is 4. The van der Waals surface area contributed by atoms with Crippen molar-refractivity contribution < 1.29 is 18.3 Å². The van der Waals surface area contributed by atoms with Gasteiger partial charge in [-0.25, -0.2) is 4.99 Å². The van der Waals surface area contributed by atoms with Crippen LogP contribution in [0, 0.1) is 0 Å². The van der Waals surface area contributed by atoms with E-state index in [1.807, 2.05) is 24.4 Å². The third kappa shape index (κ3) is 10.5. The smallest absolute Gasteiger partial charge is 0.383 e. The lowest BCUT2D eigenvalue weighted by Gasteiger charge is -2.21. The van der Waals surface area contributed by atoms with E-state index in [9.17, 15) is 18.3 Å². The maximum atomic E-state index is 12.3. The van der Waals surface area contributed by atoms with Crippen molar-refractivity contribution in [2.45, 2.75) is 32.0 Å². The number of guanidine groups is 1. The summed E-state index contributed by atoms with van der Waals surface area (Å²) in [4.78, 5) is 6.45. The molecule has 3 N–H and O–H groups in total. The first kappa shape index (κ1) is 25.4. The molecule has 0 bridgehead atoms. The van der Waals surface area contributed by atoms with Crippen LogP contribution in [0.4, 0.5) is 13.2 Å². The maximum Gasteiger partial charge on any atom is 0.401 e. The predicted molar refractivity (Wildman–Crippen MR) is 111 cm³/mol. The summed E-state index contributed by atoms with van der Waals surface area (Å²) >= 11 is 1.47. The van der Waals surface area contributed by atoms with Crippen molar-refractivity contribution >= 4 is 41.3 Å². The first-order valence-corrected chi connectivity index (χ1v) is 9.06. The Bertz CT molecular complexity index is 524. The lowest BCUT2D eigenvalue weighted by atomic mass is 10.1. The Kier molecular flexibility index (Phi) is 11.7. The summed E-state index contributed by atoms with van der Waals surface area (Å²) in [6, 6.07) is 3.73. The summed E-state index contributed by atoms with van der Waals surface area (Å²) in [5.74, 6) is 0.540. The summed E-state index contributed by atoms with van der Waals surface area (Å²) in [6.07, 6.45) is -3.62. The van der Waals surface area contributed by atoms with Crippen LogP contribution in [-0.2, 0) is 5.60 Å². The molecule has 0 radical (unpaired) electrons. The van der Waals surface area contributed by atoms with E-state index < -0.39 is 18.3 Å². The summed E-state index contributed by atoms with van der Waals surface area (Å²) in [6.45, 7) is 4.39. The molecule has 0 aliphatic heterocycles. The Labute approximate surface area is 174 Å². The Morgan fingerprint density at radius 3 is 2.58 bits per heavy atom. The molecule has 5 nitrogen and oxygen atoms in total. The van der Waals surface area contributed by atoms with Crippen molar-refractivity contribution in [3.63, 3.8) is 0 Å². The van der Waals surface area contributed by atoms with Gasteiger partial charge in [-0.1, -0.05) is 6.07 Å². The zero-order valence-corrected chi connectivity index (χ0v) is 18.4. The van der Waals surface area contributed by atoms with E-state index in [4.69, 9.17) is 0 Å². The van der Waals surface area contributed by atoms with E-state index >= 15 is 0 Å². The molecule has 0 saturated carbocycles. The van der Waals surface area contributed by atoms with Crippen molar-refractivity contribution in [1.29, 1.82) is 0 Å². The number of thiophene rings is 1. The second-order valence-electron chi connectivity index (χ2n) is 6.08. The molecule has 1 aromatic rings. The van der Waals surface area contributed by atoms with Gasteiger partial charge in [0.2, 0.25) is 0 Å². The topological polar surface area (TPSA) is 59.9 Å². The average molecular weight is 508 g/mol. The normalized spacial score (nSPS) is 14.7. The van der Waals surface area contributed by atoms with E-state index in [-0.39, 0.29) is 30.5 Å². The number of aliphatic imine (C=N–C) groups is 1. The monoisotopic (exact) mass is 508 g/mol. The van der Waals surface area contributed by atoms with Crippen LogP contribution in [0.25, 0.3) is 0 Å². The molecule has 1 rings (SSSR count). The van der Waals surface area contributed by atoms with Crippen molar-refractivity contribution in [3.8, 4) is 0 Å². The van der Waals surface area contributed by atoms with Crippen LogP contribution in [0.5, 0.6) is 0 Å². The average Bonchev–Trinajstić information content (AvgIpc) is 3.02. The minimum atomic E-state index is -4.17. The Hall–Kier alpha value is -0.590. The Morgan fingerprint density at radius 1 is 1.35 bits per heavy atom. The fourth-order valence-corrected chi connectivity index (χ4v) is 2.96. The fraction of sp³-hybridized carbons (Fsp3) is 0.688. The molecule has 0 aliphatic rings. The number of nitrogens with one attached hydrogen (secondary N) is 2. The second-order valence-corrected chi connectivity index (χ2v) is 7.03. The first-order chi connectivity index (χ1) is 11.6. The van der Waals surface area contributed by atoms with Crippen LogP contribution in [0.3, 0.4) is 0 Å². The number of aliphatic hydroxyl groups is 1. The minimum Gasteiger partial charge on any atom is -0.383 e. The van der Waals surface area contributed by atoms with Crippen LogP contribution < -0.4 is 10.6 Å². The minimum absolute atomic E-state index is 0. The third-order valence-electron chi connectivity index (χ3n) is 3.40. The van der Waals surface area contributed by atoms with Crippen LogP contribution in [0.2, 0.25) is 0 Å². The molecule has 1 heterocycles. The van der Waals surface area contributed by atoms with E-state index in [2.05, 4.69) is 15.6 Å². The molecule has 1 unspecified atom stereocenters. The largest absolute Gasteiger partial charge is 0.401 e. The van der Waals surface area contributed by atoms with Gasteiger partial charge in [-0.15, -0.1) is 35.3 Å². The van der Waals surface area contributed by atoms with Crippen molar-refractivity contribution in [1.82, 2.24) is 15.5 Å². The molecular weight excluding hydrogens is 480 g/mol. The molecule has 26 heavy (non-hydrogen) atoms. The summed E-state index contributed by atoms with van der Waals surface area (Å²) in [5.41, 5.74) is -1.05. The summed E-state index contributed by atoms with van der Waals surface area (Å²) in [7, 11) is 1.45. The van der Waals surface area contributed by atoms with E-state index in [0.717, 1.165) is 4.88 Å².